The summed E-state index contributed by atoms with van der Waals surface area (Å²) in [4.78, 5) is 11.6. The van der Waals surface area contributed by atoms with Crippen molar-refractivity contribution in [2.75, 3.05) is 13.2 Å². The molecule has 0 saturated carbocycles. The molecule has 1 aromatic carbocycles. The van der Waals surface area contributed by atoms with Crippen LogP contribution in [0.25, 0.3) is 0 Å². The maximum atomic E-state index is 11.6. The van der Waals surface area contributed by atoms with Crippen LogP contribution in [0.15, 0.2) is 24.3 Å². The summed E-state index contributed by atoms with van der Waals surface area (Å²) in [5, 5.41) is 11.5. The Morgan fingerprint density at radius 2 is 2.33 bits per heavy atom. The first-order valence-electron chi connectivity index (χ1n) is 4.68. The number of ether oxygens (including phenoxy) is 1. The first-order valence-corrected chi connectivity index (χ1v) is 4.68. The van der Waals surface area contributed by atoms with Gasteiger partial charge in [0, 0.05) is 5.56 Å². The molecule has 76 valence electrons. The zero-order valence-corrected chi connectivity index (χ0v) is 8.06. The van der Waals surface area contributed by atoms with Crippen LogP contribution in [0.2, 0.25) is 0 Å². The van der Waals surface area contributed by atoms with Gasteiger partial charge in [0.2, 0.25) is 0 Å². The molecule has 0 bridgehead atoms. The van der Waals surface area contributed by atoms with Gasteiger partial charge in [0.25, 0.3) is 5.91 Å². The maximum Gasteiger partial charge on any atom is 0.251 e. The first kappa shape index (κ1) is 9.69. The number of nitrogens with zero attached hydrogens (tertiary/aromatic N) is 1. The molecule has 4 nitrogen and oxygen atoms in total. The van der Waals surface area contributed by atoms with Gasteiger partial charge < -0.3 is 10.1 Å². The van der Waals surface area contributed by atoms with Crippen LogP contribution in [0, 0.1) is 11.3 Å². The van der Waals surface area contributed by atoms with E-state index in [1.54, 1.807) is 24.3 Å². The van der Waals surface area contributed by atoms with Crippen molar-refractivity contribution in [2.45, 2.75) is 6.04 Å². The van der Waals surface area contributed by atoms with E-state index >= 15 is 0 Å². The highest BCUT2D eigenvalue weighted by atomic mass is 16.5. The third-order valence-electron chi connectivity index (χ3n) is 2.23. The predicted molar refractivity (Wildman–Crippen MR) is 53.2 cm³/mol. The molecule has 0 spiro atoms. The molecular formula is C11H10N2O2. The van der Waals surface area contributed by atoms with Gasteiger partial charge >= 0.3 is 0 Å². The number of hydrogen-bond donors (Lipinski definition) is 1. The number of benzene rings is 1. The van der Waals surface area contributed by atoms with Crippen molar-refractivity contribution >= 4 is 5.91 Å². The second-order valence-electron chi connectivity index (χ2n) is 3.40. The minimum absolute atomic E-state index is 0.114. The van der Waals surface area contributed by atoms with Gasteiger partial charge in [0.15, 0.2) is 0 Å². The van der Waals surface area contributed by atoms with E-state index < -0.39 is 0 Å². The van der Waals surface area contributed by atoms with E-state index in [-0.39, 0.29) is 11.9 Å². The maximum absolute atomic E-state index is 11.6. The number of nitriles is 1. The van der Waals surface area contributed by atoms with E-state index in [9.17, 15) is 4.79 Å². The number of nitrogens with one attached hydrogen (secondary N) is 1. The van der Waals surface area contributed by atoms with Gasteiger partial charge in [-0.15, -0.1) is 0 Å². The Morgan fingerprint density at radius 3 is 2.93 bits per heavy atom. The molecule has 1 aromatic rings. The summed E-state index contributed by atoms with van der Waals surface area (Å²) < 4.78 is 4.95. The highest BCUT2D eigenvalue weighted by Crippen LogP contribution is 2.06. The smallest absolute Gasteiger partial charge is 0.251 e. The van der Waals surface area contributed by atoms with Gasteiger partial charge in [-0.1, -0.05) is 6.07 Å². The van der Waals surface area contributed by atoms with E-state index in [1.807, 2.05) is 6.07 Å². The standard InChI is InChI=1S/C11H10N2O2/c12-5-8-2-1-3-9(4-8)11(14)13-10-6-15-7-10/h1-4,10H,6-7H2,(H,13,14). The summed E-state index contributed by atoms with van der Waals surface area (Å²) in [5.74, 6) is -0.152. The second-order valence-corrected chi connectivity index (χ2v) is 3.40. The molecule has 1 amide bonds. The fourth-order valence-electron chi connectivity index (χ4n) is 1.32. The molecule has 4 heteroatoms. The van der Waals surface area contributed by atoms with Crippen LogP contribution in [0.3, 0.4) is 0 Å². The molecule has 15 heavy (non-hydrogen) atoms. The van der Waals surface area contributed by atoms with Gasteiger partial charge in [-0.05, 0) is 18.2 Å². The fourth-order valence-corrected chi connectivity index (χ4v) is 1.32. The summed E-state index contributed by atoms with van der Waals surface area (Å²) >= 11 is 0. The lowest BCUT2D eigenvalue weighted by molar-refractivity contribution is -0.00346. The van der Waals surface area contributed by atoms with E-state index in [1.165, 1.54) is 0 Å². The van der Waals surface area contributed by atoms with Crippen molar-refractivity contribution < 1.29 is 9.53 Å². The van der Waals surface area contributed by atoms with E-state index in [4.69, 9.17) is 10.00 Å². The summed E-state index contributed by atoms with van der Waals surface area (Å²) in [5.41, 5.74) is 1.01. The van der Waals surface area contributed by atoms with Crippen molar-refractivity contribution in [1.29, 1.82) is 5.26 Å². The van der Waals surface area contributed by atoms with Crippen LogP contribution < -0.4 is 5.32 Å². The summed E-state index contributed by atoms with van der Waals surface area (Å²) in [6, 6.07) is 8.75. The highest BCUT2D eigenvalue weighted by molar-refractivity contribution is 5.94. The van der Waals surface area contributed by atoms with Gasteiger partial charge in [-0.25, -0.2) is 0 Å². The Kier molecular flexibility index (Phi) is 2.66. The monoisotopic (exact) mass is 202 g/mol. The Bertz CT molecular complexity index is 419. The van der Waals surface area contributed by atoms with Crippen molar-refractivity contribution in [3.63, 3.8) is 0 Å². The van der Waals surface area contributed by atoms with Crippen LogP contribution in [-0.2, 0) is 4.74 Å². The largest absolute Gasteiger partial charge is 0.377 e. The van der Waals surface area contributed by atoms with Gasteiger partial charge in [0.1, 0.15) is 0 Å². The molecule has 1 heterocycles. The van der Waals surface area contributed by atoms with E-state index in [0.29, 0.717) is 24.3 Å². The topological polar surface area (TPSA) is 62.1 Å². The van der Waals surface area contributed by atoms with E-state index in [2.05, 4.69) is 5.32 Å². The minimum Gasteiger partial charge on any atom is -0.377 e. The van der Waals surface area contributed by atoms with Crippen molar-refractivity contribution in [2.24, 2.45) is 0 Å². The van der Waals surface area contributed by atoms with Gasteiger partial charge in [-0.2, -0.15) is 5.26 Å². The van der Waals surface area contributed by atoms with Gasteiger partial charge in [-0.3, -0.25) is 4.79 Å². The molecule has 0 aromatic heterocycles. The van der Waals surface area contributed by atoms with Crippen LogP contribution in [-0.4, -0.2) is 25.2 Å². The Balaban J connectivity index is 2.07. The molecule has 0 radical (unpaired) electrons. The quantitative estimate of drug-likeness (QED) is 0.767. The summed E-state index contributed by atoms with van der Waals surface area (Å²) in [7, 11) is 0. The lowest BCUT2D eigenvalue weighted by atomic mass is 10.1. The number of amides is 1. The molecule has 1 aliphatic rings. The molecule has 1 aliphatic heterocycles. The number of rotatable bonds is 2. The van der Waals surface area contributed by atoms with Gasteiger partial charge in [0.05, 0.1) is 30.9 Å². The Labute approximate surface area is 87.5 Å². The molecule has 0 atom stereocenters. The Hall–Kier alpha value is -1.86. The van der Waals surface area contributed by atoms with Crippen molar-refractivity contribution in [1.82, 2.24) is 5.32 Å². The molecule has 2 rings (SSSR count). The number of carbonyl (C=O) groups excluding carboxylic acids is 1. The van der Waals surface area contributed by atoms with Crippen molar-refractivity contribution in [3.05, 3.63) is 35.4 Å². The zero-order chi connectivity index (χ0) is 10.7. The highest BCUT2D eigenvalue weighted by Gasteiger charge is 2.20. The second kappa shape index (κ2) is 4.11. The molecule has 1 fully saturated rings. The normalized spacial score (nSPS) is 15.1. The fraction of sp³-hybridized carbons (Fsp3) is 0.273. The summed E-state index contributed by atoms with van der Waals surface area (Å²) in [6.07, 6.45) is 0. The molecule has 0 unspecified atom stereocenters. The lowest BCUT2D eigenvalue weighted by Gasteiger charge is -2.26. The average Bonchev–Trinajstić information content (AvgIpc) is 2.23. The predicted octanol–water partition coefficient (Wildman–Crippen LogP) is 0.687. The third-order valence-corrected chi connectivity index (χ3v) is 2.23. The van der Waals surface area contributed by atoms with Crippen molar-refractivity contribution in [3.8, 4) is 6.07 Å². The minimum atomic E-state index is -0.152. The molecule has 1 saturated heterocycles. The zero-order valence-electron chi connectivity index (χ0n) is 8.06. The average molecular weight is 202 g/mol. The molecule has 0 aliphatic carbocycles. The van der Waals surface area contributed by atoms with Crippen LogP contribution >= 0.6 is 0 Å². The van der Waals surface area contributed by atoms with Crippen LogP contribution in [0.1, 0.15) is 15.9 Å². The molecular weight excluding hydrogens is 192 g/mol. The van der Waals surface area contributed by atoms with Crippen LogP contribution in [0.4, 0.5) is 0 Å². The lowest BCUT2D eigenvalue weighted by Crippen LogP contribution is -2.48. The summed E-state index contributed by atoms with van der Waals surface area (Å²) in [6.45, 7) is 1.15. The Morgan fingerprint density at radius 1 is 1.53 bits per heavy atom. The number of hydrogen-bond acceptors (Lipinski definition) is 3. The van der Waals surface area contributed by atoms with E-state index in [0.717, 1.165) is 0 Å². The SMILES string of the molecule is N#Cc1cccc(C(=O)NC2COC2)c1. The number of carbonyl (C=O) groups is 1. The molecule has 1 N–H and O–H groups in total. The third kappa shape index (κ3) is 2.14. The first-order chi connectivity index (χ1) is 7.29. The van der Waals surface area contributed by atoms with Crippen LogP contribution in [0.5, 0.6) is 0 Å².